The van der Waals surface area contributed by atoms with Crippen molar-refractivity contribution in [2.24, 2.45) is 5.92 Å². The van der Waals surface area contributed by atoms with Crippen molar-refractivity contribution < 1.29 is 19.8 Å². The van der Waals surface area contributed by atoms with E-state index >= 15 is 0 Å². The molecule has 2 atom stereocenters. The molecule has 0 aliphatic carbocycles. The van der Waals surface area contributed by atoms with Gasteiger partial charge in [-0.15, -0.1) is 0 Å². The smallest absolute Gasteiger partial charge is 0.308 e. The van der Waals surface area contributed by atoms with E-state index in [-0.39, 0.29) is 24.1 Å². The van der Waals surface area contributed by atoms with Crippen molar-refractivity contribution in [3.8, 4) is 5.75 Å². The number of carbonyl (C=O) groups is 2. The molecule has 1 amide bonds. The Kier molecular flexibility index (Phi) is 3.74. The number of rotatable bonds is 3. The Bertz CT molecular complexity index is 483. The van der Waals surface area contributed by atoms with Gasteiger partial charge in [0.05, 0.1) is 12.3 Å². The van der Waals surface area contributed by atoms with Crippen molar-refractivity contribution >= 4 is 11.9 Å². The highest BCUT2D eigenvalue weighted by Gasteiger charge is 2.37. The predicted octanol–water partition coefficient (Wildman–Crippen LogP) is 1.26. The fourth-order valence-corrected chi connectivity index (χ4v) is 2.51. The zero-order chi connectivity index (χ0) is 14.0. The quantitative estimate of drug-likeness (QED) is 0.860. The van der Waals surface area contributed by atoms with Crippen LogP contribution in [-0.4, -0.2) is 39.6 Å². The molecule has 0 spiro atoms. The first kappa shape index (κ1) is 13.4. The average Bonchev–Trinajstić information content (AvgIpc) is 2.74. The number of benzene rings is 1. The number of phenols is 1. The second-order valence-electron chi connectivity index (χ2n) is 4.90. The average molecular weight is 263 g/mol. The van der Waals surface area contributed by atoms with Gasteiger partial charge in [0.2, 0.25) is 5.91 Å². The van der Waals surface area contributed by atoms with E-state index in [2.05, 4.69) is 0 Å². The van der Waals surface area contributed by atoms with Crippen molar-refractivity contribution in [2.45, 2.75) is 25.8 Å². The summed E-state index contributed by atoms with van der Waals surface area (Å²) in [6, 6.07) is 6.21. The zero-order valence-electron chi connectivity index (χ0n) is 10.7. The van der Waals surface area contributed by atoms with Crippen molar-refractivity contribution in [2.75, 3.05) is 6.54 Å². The Morgan fingerprint density at radius 3 is 2.47 bits per heavy atom. The Hall–Kier alpha value is -2.04. The lowest BCUT2D eigenvalue weighted by molar-refractivity contribution is -0.143. The Morgan fingerprint density at radius 1 is 1.32 bits per heavy atom. The summed E-state index contributed by atoms with van der Waals surface area (Å²) in [5, 5.41) is 18.2. The lowest BCUT2D eigenvalue weighted by Crippen LogP contribution is -2.38. The predicted molar refractivity (Wildman–Crippen MR) is 68.7 cm³/mol. The van der Waals surface area contributed by atoms with Gasteiger partial charge in [-0.1, -0.05) is 12.1 Å². The summed E-state index contributed by atoms with van der Waals surface area (Å²) in [5.74, 6) is -1.21. The van der Waals surface area contributed by atoms with Crippen molar-refractivity contribution in [3.05, 3.63) is 29.8 Å². The first-order valence-corrected chi connectivity index (χ1v) is 6.29. The molecule has 5 nitrogen and oxygen atoms in total. The number of carbonyl (C=O) groups excluding carboxylic acids is 1. The van der Waals surface area contributed by atoms with Gasteiger partial charge < -0.3 is 15.1 Å². The van der Waals surface area contributed by atoms with E-state index in [1.807, 2.05) is 0 Å². The van der Waals surface area contributed by atoms with Crippen LogP contribution in [-0.2, 0) is 16.0 Å². The van der Waals surface area contributed by atoms with Crippen LogP contribution < -0.4 is 0 Å². The van der Waals surface area contributed by atoms with Gasteiger partial charge >= 0.3 is 5.97 Å². The van der Waals surface area contributed by atoms with Gasteiger partial charge in [0.25, 0.3) is 0 Å². The van der Waals surface area contributed by atoms with Gasteiger partial charge in [0, 0.05) is 12.6 Å². The molecule has 2 rings (SSSR count). The number of aliphatic carboxylic acids is 1. The third-order valence-corrected chi connectivity index (χ3v) is 3.68. The molecule has 102 valence electrons. The zero-order valence-corrected chi connectivity index (χ0v) is 10.7. The van der Waals surface area contributed by atoms with Crippen molar-refractivity contribution in [1.82, 2.24) is 4.90 Å². The van der Waals surface area contributed by atoms with E-state index in [1.165, 1.54) is 12.1 Å². The monoisotopic (exact) mass is 263 g/mol. The number of hydrogen-bond acceptors (Lipinski definition) is 3. The largest absolute Gasteiger partial charge is 0.508 e. The molecule has 1 aromatic rings. The number of phenolic OH excluding ortho intramolecular Hbond substituents is 1. The summed E-state index contributed by atoms with van der Waals surface area (Å²) in [6.07, 6.45) is 0.745. The molecule has 2 N–H and O–H groups in total. The number of likely N-dealkylation sites (tertiary alicyclic amines) is 1. The molecule has 1 aliphatic heterocycles. The summed E-state index contributed by atoms with van der Waals surface area (Å²) in [4.78, 5) is 24.8. The summed E-state index contributed by atoms with van der Waals surface area (Å²) in [5.41, 5.74) is 0.814. The van der Waals surface area contributed by atoms with E-state index in [0.717, 1.165) is 5.56 Å². The fraction of sp³-hybridized carbons (Fsp3) is 0.429. The highest BCUT2D eigenvalue weighted by molar-refractivity contribution is 5.81. The Balaban J connectivity index is 2.01. The van der Waals surface area contributed by atoms with Crippen LogP contribution in [0.3, 0.4) is 0 Å². The minimum atomic E-state index is -0.840. The van der Waals surface area contributed by atoms with Gasteiger partial charge in [-0.2, -0.15) is 0 Å². The van der Waals surface area contributed by atoms with Gasteiger partial charge in [-0.3, -0.25) is 9.59 Å². The van der Waals surface area contributed by atoms with Crippen LogP contribution in [0.5, 0.6) is 5.75 Å². The molecule has 1 fully saturated rings. The third kappa shape index (κ3) is 2.86. The standard InChI is InChI=1S/C14H17NO4/c1-9-12(14(18)19)6-7-15(9)13(17)8-10-2-4-11(16)5-3-10/h2-5,9,12,16H,6-8H2,1H3,(H,18,19). The van der Waals surface area contributed by atoms with Gasteiger partial charge in [0.1, 0.15) is 5.75 Å². The first-order chi connectivity index (χ1) is 8.99. The molecule has 19 heavy (non-hydrogen) atoms. The lowest BCUT2D eigenvalue weighted by Gasteiger charge is -2.23. The maximum absolute atomic E-state index is 12.1. The van der Waals surface area contributed by atoms with Crippen LogP contribution in [0.1, 0.15) is 18.9 Å². The van der Waals surface area contributed by atoms with E-state index in [9.17, 15) is 14.7 Å². The summed E-state index contributed by atoms with van der Waals surface area (Å²) in [6.45, 7) is 2.27. The molecule has 0 radical (unpaired) electrons. The molecule has 1 heterocycles. The van der Waals surface area contributed by atoms with E-state index < -0.39 is 11.9 Å². The lowest BCUT2D eigenvalue weighted by atomic mass is 10.0. The highest BCUT2D eigenvalue weighted by atomic mass is 16.4. The molecule has 1 saturated heterocycles. The molecule has 0 aromatic heterocycles. The molecular weight excluding hydrogens is 246 g/mol. The maximum atomic E-state index is 12.1. The van der Waals surface area contributed by atoms with Crippen LogP contribution in [0, 0.1) is 5.92 Å². The molecule has 1 aromatic carbocycles. The minimum absolute atomic E-state index is 0.0676. The van der Waals surface area contributed by atoms with Gasteiger partial charge in [0.15, 0.2) is 0 Å². The highest BCUT2D eigenvalue weighted by Crippen LogP contribution is 2.25. The number of nitrogens with zero attached hydrogens (tertiary/aromatic N) is 1. The molecular formula is C14H17NO4. The van der Waals surface area contributed by atoms with Crippen LogP contribution in [0.4, 0.5) is 0 Å². The molecule has 2 unspecified atom stereocenters. The molecule has 0 bridgehead atoms. The van der Waals surface area contributed by atoms with Crippen LogP contribution in [0.2, 0.25) is 0 Å². The Labute approximate surface area is 111 Å². The van der Waals surface area contributed by atoms with Crippen LogP contribution in [0.25, 0.3) is 0 Å². The van der Waals surface area contributed by atoms with Crippen LogP contribution in [0.15, 0.2) is 24.3 Å². The number of carboxylic acid groups (broad SMARTS) is 1. The van der Waals surface area contributed by atoms with Crippen molar-refractivity contribution in [1.29, 1.82) is 0 Å². The third-order valence-electron chi connectivity index (χ3n) is 3.68. The maximum Gasteiger partial charge on any atom is 0.308 e. The topological polar surface area (TPSA) is 77.8 Å². The summed E-state index contributed by atoms with van der Waals surface area (Å²) < 4.78 is 0. The van der Waals surface area contributed by atoms with Crippen LogP contribution >= 0.6 is 0 Å². The number of hydrogen-bond donors (Lipinski definition) is 2. The van der Waals surface area contributed by atoms with Gasteiger partial charge in [-0.05, 0) is 31.0 Å². The number of carboxylic acids is 1. The fourth-order valence-electron chi connectivity index (χ4n) is 2.51. The molecule has 0 saturated carbocycles. The van der Waals surface area contributed by atoms with E-state index in [1.54, 1.807) is 24.0 Å². The second kappa shape index (κ2) is 5.30. The Morgan fingerprint density at radius 2 is 1.95 bits per heavy atom. The number of aromatic hydroxyl groups is 1. The molecule has 1 aliphatic rings. The molecule has 5 heteroatoms. The van der Waals surface area contributed by atoms with Gasteiger partial charge in [-0.25, -0.2) is 0 Å². The summed E-state index contributed by atoms with van der Waals surface area (Å²) in [7, 11) is 0. The minimum Gasteiger partial charge on any atom is -0.508 e. The van der Waals surface area contributed by atoms with Crippen molar-refractivity contribution in [3.63, 3.8) is 0 Å². The SMILES string of the molecule is CC1C(C(=O)O)CCN1C(=O)Cc1ccc(O)cc1. The van der Waals surface area contributed by atoms with E-state index in [0.29, 0.717) is 13.0 Å². The first-order valence-electron chi connectivity index (χ1n) is 6.29. The normalized spacial score (nSPS) is 22.5. The number of amides is 1. The second-order valence-corrected chi connectivity index (χ2v) is 4.90. The summed E-state index contributed by atoms with van der Waals surface area (Å²) >= 11 is 0. The van der Waals surface area contributed by atoms with E-state index in [4.69, 9.17) is 5.11 Å².